The van der Waals surface area contributed by atoms with Crippen LogP contribution in [0.4, 0.5) is 5.69 Å². The highest BCUT2D eigenvalue weighted by molar-refractivity contribution is 5.56. The molecule has 0 fully saturated rings. The number of oxazole rings is 1. The molecule has 0 spiro atoms. The number of nitrogens with one attached hydrogen (secondary N) is 1. The largest absolute Gasteiger partial charge is 0.404 e. The lowest BCUT2D eigenvalue weighted by atomic mass is 10.2. The first-order valence-corrected chi connectivity index (χ1v) is 7.45. The van der Waals surface area contributed by atoms with E-state index >= 15 is 0 Å². The van der Waals surface area contributed by atoms with Gasteiger partial charge in [0.1, 0.15) is 5.35 Å². The van der Waals surface area contributed by atoms with Crippen molar-refractivity contribution in [3.63, 3.8) is 0 Å². The summed E-state index contributed by atoms with van der Waals surface area (Å²) in [4.78, 5) is 25.3. The maximum atomic E-state index is 12.0. The van der Waals surface area contributed by atoms with Gasteiger partial charge in [-0.15, -0.1) is 0 Å². The molecular weight excluding hydrogens is 320 g/mol. The Balaban J connectivity index is 2.13. The summed E-state index contributed by atoms with van der Waals surface area (Å²) >= 11 is 0. The van der Waals surface area contributed by atoms with Gasteiger partial charge >= 0.3 is 5.63 Å². The average molecular weight is 334 g/mol. The highest BCUT2D eigenvalue weighted by atomic mass is 16.6. The quantitative estimate of drug-likeness (QED) is 0.586. The van der Waals surface area contributed by atoms with E-state index in [0.717, 1.165) is 5.56 Å². The van der Waals surface area contributed by atoms with Crippen molar-refractivity contribution in [1.29, 1.82) is 0 Å². The fourth-order valence-electron chi connectivity index (χ4n) is 2.36. The summed E-state index contributed by atoms with van der Waals surface area (Å²) in [7, 11) is 0. The number of nitrogens with zero attached hydrogens (tertiary/aromatic N) is 1. The van der Waals surface area contributed by atoms with Crippen molar-refractivity contribution in [1.82, 2.24) is 4.98 Å². The van der Waals surface area contributed by atoms with E-state index in [2.05, 4.69) is 11.6 Å². The Morgan fingerprint density at radius 2 is 1.88 bits per heavy atom. The SMILES string of the molecule is C=c1c([N+](=O)[O-])cccc1=c1[nH]/c(=C/C=C/c2ccccc2)c(=O)o1. The van der Waals surface area contributed by atoms with E-state index < -0.39 is 10.5 Å². The Labute approximate surface area is 141 Å². The number of hydrogen-bond acceptors (Lipinski definition) is 4. The molecule has 3 rings (SSSR count). The van der Waals surface area contributed by atoms with Crippen LogP contribution in [0.3, 0.4) is 0 Å². The summed E-state index contributed by atoms with van der Waals surface area (Å²) in [6.45, 7) is 3.71. The minimum atomic E-state index is -0.557. The molecule has 25 heavy (non-hydrogen) atoms. The van der Waals surface area contributed by atoms with Crippen LogP contribution in [0, 0.1) is 20.9 Å². The zero-order chi connectivity index (χ0) is 17.8. The van der Waals surface area contributed by atoms with Crippen molar-refractivity contribution < 1.29 is 9.34 Å². The minimum Gasteiger partial charge on any atom is -0.404 e. The molecule has 1 N–H and O–H groups in total. The number of nitro groups is 1. The van der Waals surface area contributed by atoms with Gasteiger partial charge < -0.3 is 9.40 Å². The van der Waals surface area contributed by atoms with E-state index in [1.54, 1.807) is 18.2 Å². The molecule has 0 saturated carbocycles. The second kappa shape index (κ2) is 6.84. The summed E-state index contributed by atoms with van der Waals surface area (Å²) in [5.74, 6) is 0. The standard InChI is InChI=1S/C19H14N2O4/c1-13-15(10-6-12-17(13)21(23)24)18-20-16(19(22)25-18)11-5-9-14-7-3-2-4-8-14/h2-12,20H,1H2/b9-5+,16-11+,18-15?. The number of benzene rings is 2. The van der Waals surface area contributed by atoms with Gasteiger partial charge in [-0.25, -0.2) is 4.79 Å². The van der Waals surface area contributed by atoms with E-state index in [4.69, 9.17) is 4.42 Å². The molecule has 0 aliphatic heterocycles. The van der Waals surface area contributed by atoms with Crippen molar-refractivity contribution in [2.75, 3.05) is 0 Å². The Morgan fingerprint density at radius 1 is 1.12 bits per heavy atom. The third-order valence-corrected chi connectivity index (χ3v) is 3.61. The molecule has 0 unspecified atom stereocenters. The van der Waals surface area contributed by atoms with Crippen LogP contribution in [0.2, 0.25) is 0 Å². The predicted octanol–water partition coefficient (Wildman–Crippen LogP) is 2.07. The summed E-state index contributed by atoms with van der Waals surface area (Å²) in [5, 5.41) is 11.8. The van der Waals surface area contributed by atoms with Crippen LogP contribution in [0.15, 0.2) is 63.8 Å². The smallest absolute Gasteiger partial charge is 0.361 e. The average Bonchev–Trinajstić information content (AvgIpc) is 2.96. The molecule has 2 aromatic carbocycles. The third kappa shape index (κ3) is 3.48. The maximum absolute atomic E-state index is 12.0. The predicted molar refractivity (Wildman–Crippen MR) is 94.8 cm³/mol. The molecule has 6 nitrogen and oxygen atoms in total. The number of hydrogen-bond donors (Lipinski definition) is 1. The summed E-state index contributed by atoms with van der Waals surface area (Å²) in [6.07, 6.45) is 5.16. The highest BCUT2D eigenvalue weighted by Crippen LogP contribution is 2.03. The minimum absolute atomic E-state index is 0.135. The van der Waals surface area contributed by atoms with Crippen LogP contribution in [-0.2, 0) is 0 Å². The van der Waals surface area contributed by atoms with Crippen molar-refractivity contribution in [3.05, 3.63) is 102 Å². The Bertz CT molecular complexity index is 1200. The van der Waals surface area contributed by atoms with Gasteiger partial charge in [0.05, 0.1) is 10.1 Å². The van der Waals surface area contributed by atoms with Crippen LogP contribution in [0.25, 0.3) is 18.7 Å². The molecule has 1 aromatic heterocycles. The van der Waals surface area contributed by atoms with Crippen LogP contribution in [0.5, 0.6) is 0 Å². The monoisotopic (exact) mass is 334 g/mol. The van der Waals surface area contributed by atoms with Gasteiger partial charge in [0.2, 0.25) is 5.55 Å². The van der Waals surface area contributed by atoms with Gasteiger partial charge in [-0.1, -0.05) is 55.1 Å². The summed E-state index contributed by atoms with van der Waals surface area (Å²) in [5.41, 5.74) is 0.439. The number of rotatable bonds is 3. The lowest BCUT2D eigenvalue weighted by Gasteiger charge is -1.91. The Hall–Kier alpha value is -3.67. The lowest BCUT2D eigenvalue weighted by molar-refractivity contribution is -0.385. The van der Waals surface area contributed by atoms with Gasteiger partial charge in [-0.05, 0) is 17.7 Å². The lowest BCUT2D eigenvalue weighted by Crippen LogP contribution is -2.19. The Kier molecular flexibility index (Phi) is 4.43. The van der Waals surface area contributed by atoms with Crippen molar-refractivity contribution >= 4 is 24.4 Å². The second-order valence-corrected chi connectivity index (χ2v) is 5.25. The number of non-ortho nitro benzene ring substituents is 1. The normalized spacial score (nSPS) is 13.4. The molecular formula is C19H14N2O4. The van der Waals surface area contributed by atoms with Crippen LogP contribution < -0.4 is 16.2 Å². The highest BCUT2D eigenvalue weighted by Gasteiger charge is 2.07. The first-order valence-electron chi connectivity index (χ1n) is 7.45. The van der Waals surface area contributed by atoms with Crippen molar-refractivity contribution in [2.24, 2.45) is 0 Å². The summed E-state index contributed by atoms with van der Waals surface area (Å²) in [6, 6.07) is 14.1. The van der Waals surface area contributed by atoms with Gasteiger partial charge in [-0.3, -0.25) is 10.1 Å². The fraction of sp³-hybridized carbons (Fsp3) is 0. The van der Waals surface area contributed by atoms with Gasteiger partial charge in [0, 0.05) is 11.3 Å². The number of H-pyrrole nitrogens is 1. The number of allylic oxidation sites excluding steroid dienone is 1. The van der Waals surface area contributed by atoms with Gasteiger partial charge in [-0.2, -0.15) is 0 Å². The number of nitro benzene ring substituents is 1. The first kappa shape index (κ1) is 16.2. The molecule has 0 atom stereocenters. The first-order chi connectivity index (χ1) is 12.1. The molecule has 0 radical (unpaired) electrons. The third-order valence-electron chi connectivity index (χ3n) is 3.61. The fourth-order valence-corrected chi connectivity index (χ4v) is 2.36. The van der Waals surface area contributed by atoms with E-state index in [1.165, 1.54) is 12.1 Å². The molecule has 3 aromatic rings. The van der Waals surface area contributed by atoms with Crippen LogP contribution in [-0.4, -0.2) is 9.91 Å². The van der Waals surface area contributed by atoms with E-state index in [1.807, 2.05) is 36.4 Å². The van der Waals surface area contributed by atoms with Crippen molar-refractivity contribution in [3.8, 4) is 0 Å². The zero-order valence-electron chi connectivity index (χ0n) is 13.1. The van der Waals surface area contributed by atoms with E-state index in [0.29, 0.717) is 5.22 Å². The molecule has 124 valence electrons. The second-order valence-electron chi connectivity index (χ2n) is 5.25. The van der Waals surface area contributed by atoms with Crippen molar-refractivity contribution in [2.45, 2.75) is 0 Å². The molecule has 0 aliphatic carbocycles. The van der Waals surface area contributed by atoms with Gasteiger partial charge in [0.15, 0.2) is 0 Å². The number of aromatic amines is 1. The summed E-state index contributed by atoms with van der Waals surface area (Å²) < 4.78 is 5.18. The molecule has 0 amide bonds. The van der Waals surface area contributed by atoms with Gasteiger partial charge in [0.25, 0.3) is 5.69 Å². The van der Waals surface area contributed by atoms with Crippen LogP contribution >= 0.6 is 0 Å². The molecule has 0 aliphatic rings. The zero-order valence-corrected chi connectivity index (χ0v) is 13.1. The Morgan fingerprint density at radius 3 is 2.60 bits per heavy atom. The van der Waals surface area contributed by atoms with E-state index in [-0.39, 0.29) is 21.8 Å². The molecule has 1 heterocycles. The molecule has 6 heteroatoms. The molecule has 0 saturated heterocycles. The molecule has 0 bridgehead atoms. The maximum Gasteiger partial charge on any atom is 0.361 e. The van der Waals surface area contributed by atoms with Crippen LogP contribution in [0.1, 0.15) is 5.56 Å². The topological polar surface area (TPSA) is 89.1 Å². The number of aromatic nitrogens is 1. The van der Waals surface area contributed by atoms with E-state index in [9.17, 15) is 14.9 Å².